The van der Waals surface area contributed by atoms with Gasteiger partial charge in [0.2, 0.25) is 0 Å². The number of nitrogens with one attached hydrogen (secondary N) is 2. The largest absolute Gasteiger partial charge is 0.481 e. The van der Waals surface area contributed by atoms with Crippen LogP contribution in [0.5, 0.6) is 0 Å². The number of fused-ring (bicyclic) bond motifs is 7. The van der Waals surface area contributed by atoms with Gasteiger partial charge in [0.1, 0.15) is 12.7 Å². The third kappa shape index (κ3) is 7.88. The van der Waals surface area contributed by atoms with Crippen molar-refractivity contribution < 1.29 is 42.1 Å². The van der Waals surface area contributed by atoms with Crippen molar-refractivity contribution in [3.8, 4) is 0 Å². The number of esters is 1. The van der Waals surface area contributed by atoms with E-state index in [2.05, 4.69) is 63.7 Å². The Labute approximate surface area is 373 Å². The molecule has 2 unspecified atom stereocenters. The van der Waals surface area contributed by atoms with Gasteiger partial charge in [-0.25, -0.2) is 13.2 Å². The number of carbonyl (C=O) groups is 3. The Morgan fingerprint density at radius 2 is 1.53 bits per heavy atom. The Kier molecular flexibility index (Phi) is 13.0. The van der Waals surface area contributed by atoms with E-state index < -0.39 is 33.2 Å². The number of carboxylic acid groups (broad SMARTS) is 1. The zero-order valence-corrected chi connectivity index (χ0v) is 40.6. The van der Waals surface area contributed by atoms with Gasteiger partial charge >= 0.3 is 18.0 Å². The molecule has 13 heteroatoms. The number of hydrogen-bond donors (Lipinski definition) is 3. The van der Waals surface area contributed by atoms with Gasteiger partial charge in [0.25, 0.3) is 0 Å². The summed E-state index contributed by atoms with van der Waals surface area (Å²) in [5.74, 6) is 0.626. The Balaban J connectivity index is 1.10. The van der Waals surface area contributed by atoms with E-state index in [1.807, 2.05) is 20.8 Å². The SMILES string of the molecule is C=C(C)[C@@H]1CC[C@]2(NCC(C(C)NC(=O)OCCOC)N3CCS(=O)(=O)CC3)CC[C@]3(C)[C@H](CC[C@@H]4[C@@]5(C)CC[C@H](OC(=O)[C@H]6C[C@@H](C(=O)O)C6(C)C)C(C)(C)[C@@H]5CC[C@]43C)[C@@H]12. The topological polar surface area (TPSA) is 161 Å². The lowest BCUT2D eigenvalue weighted by Gasteiger charge is -2.73. The van der Waals surface area contributed by atoms with Gasteiger partial charge < -0.3 is 30.0 Å². The zero-order chi connectivity index (χ0) is 45.4. The molecule has 7 aliphatic rings. The standard InChI is InChI=1S/C49H81N3O9S/c1-30(2)32-14-19-49(50-29-36(52-22-26-62(57,58)27-23-52)31(3)51-43(56)60-25-24-59-11)21-20-47(9)33(40(32)49)12-13-38-46(8)17-16-39(45(6,7)37(46)15-18-48(38,47)10)61-42(55)35-28-34(41(53)54)44(35,4)5/h31-40,50H,1,12-29H2,2-11H3,(H,51,56)(H,53,54)/t31?,32-,33+,34-,35+,36?,37-,38+,39-,40+,46-,47+,48+,49-/m0/s1. The summed E-state index contributed by atoms with van der Waals surface area (Å²) < 4.78 is 42.0. The van der Waals surface area contributed by atoms with Gasteiger partial charge in [-0.15, -0.1) is 0 Å². The molecule has 3 N–H and O–H groups in total. The van der Waals surface area contributed by atoms with Crippen LogP contribution >= 0.6 is 0 Å². The highest BCUT2D eigenvalue weighted by atomic mass is 32.2. The van der Waals surface area contributed by atoms with Crippen molar-refractivity contribution in [2.24, 2.45) is 68.5 Å². The van der Waals surface area contributed by atoms with Crippen LogP contribution < -0.4 is 10.6 Å². The van der Waals surface area contributed by atoms with Crippen molar-refractivity contribution in [2.45, 2.75) is 157 Å². The Bertz CT molecular complexity index is 1840. The fourth-order valence-corrected chi connectivity index (χ4v) is 17.4. The smallest absolute Gasteiger partial charge is 0.407 e. The number of carboxylic acids is 1. The van der Waals surface area contributed by atoms with Crippen molar-refractivity contribution >= 4 is 27.9 Å². The number of sulfone groups is 1. The first-order chi connectivity index (χ1) is 28.9. The van der Waals surface area contributed by atoms with E-state index in [-0.39, 0.29) is 75.4 Å². The molecule has 0 aromatic heterocycles. The van der Waals surface area contributed by atoms with E-state index in [0.29, 0.717) is 62.3 Å². The summed E-state index contributed by atoms with van der Waals surface area (Å²) in [7, 11) is -1.51. The first-order valence-electron chi connectivity index (χ1n) is 24.1. The van der Waals surface area contributed by atoms with Crippen LogP contribution in [0.4, 0.5) is 4.79 Å². The first kappa shape index (κ1) is 47.7. The molecule has 1 aliphatic heterocycles. The lowest BCUT2D eigenvalue weighted by atomic mass is 9.32. The molecule has 1 amide bonds. The molecule has 0 bridgehead atoms. The van der Waals surface area contributed by atoms with Crippen molar-refractivity contribution in [1.82, 2.24) is 15.5 Å². The molecule has 12 nitrogen and oxygen atoms in total. The molecule has 7 fully saturated rings. The number of aliphatic carboxylic acids is 1. The molecule has 1 saturated heterocycles. The Morgan fingerprint density at radius 1 is 0.839 bits per heavy atom. The van der Waals surface area contributed by atoms with E-state index in [1.165, 1.54) is 18.4 Å². The summed E-state index contributed by atoms with van der Waals surface area (Å²) in [5, 5.41) is 17.0. The third-order valence-electron chi connectivity index (χ3n) is 20.1. The molecule has 7 rings (SSSR count). The molecule has 1 heterocycles. The summed E-state index contributed by atoms with van der Waals surface area (Å²) >= 11 is 0. The van der Waals surface area contributed by atoms with Gasteiger partial charge in [0, 0.05) is 49.8 Å². The van der Waals surface area contributed by atoms with Crippen LogP contribution in [0.2, 0.25) is 0 Å². The van der Waals surface area contributed by atoms with Gasteiger partial charge in [-0.1, -0.05) is 60.6 Å². The highest BCUT2D eigenvalue weighted by Gasteiger charge is 2.71. The predicted octanol–water partition coefficient (Wildman–Crippen LogP) is 7.50. The molecule has 6 saturated carbocycles. The van der Waals surface area contributed by atoms with Crippen molar-refractivity contribution in [3.05, 3.63) is 12.2 Å². The molecule has 352 valence electrons. The Morgan fingerprint density at radius 3 is 2.16 bits per heavy atom. The van der Waals surface area contributed by atoms with Crippen molar-refractivity contribution in [2.75, 3.05) is 51.5 Å². The van der Waals surface area contributed by atoms with Gasteiger partial charge in [0.05, 0.1) is 29.9 Å². The molecule has 62 heavy (non-hydrogen) atoms. The number of rotatable bonds is 13. The minimum absolute atomic E-state index is 0.0830. The lowest BCUT2D eigenvalue weighted by Crippen LogP contribution is -2.69. The highest BCUT2D eigenvalue weighted by Crippen LogP contribution is 2.76. The molecule has 14 atom stereocenters. The van der Waals surface area contributed by atoms with Gasteiger partial charge in [-0.05, 0) is 136 Å². The number of methoxy groups -OCH3 is 1. The third-order valence-corrected chi connectivity index (χ3v) is 21.7. The average molecular weight is 888 g/mol. The predicted molar refractivity (Wildman–Crippen MR) is 240 cm³/mol. The minimum atomic E-state index is -3.09. The molecule has 0 aromatic rings. The fourth-order valence-electron chi connectivity index (χ4n) is 16.1. The van der Waals surface area contributed by atoms with Crippen molar-refractivity contribution in [3.63, 3.8) is 0 Å². The van der Waals surface area contributed by atoms with Crippen LogP contribution in [0, 0.1) is 68.5 Å². The lowest BCUT2D eigenvalue weighted by molar-refractivity contribution is -0.248. The molecule has 6 aliphatic carbocycles. The molecular formula is C49H81N3O9S. The van der Waals surface area contributed by atoms with E-state index in [0.717, 1.165) is 51.4 Å². The van der Waals surface area contributed by atoms with E-state index in [1.54, 1.807) is 7.11 Å². The summed E-state index contributed by atoms with van der Waals surface area (Å²) in [5.41, 5.74) is 0.755. The number of allylic oxidation sites excluding steroid dienone is 1. The van der Waals surface area contributed by atoms with Gasteiger partial charge in [-0.2, -0.15) is 0 Å². The number of carbonyl (C=O) groups excluding carboxylic acids is 2. The number of ether oxygens (including phenoxy) is 3. The second kappa shape index (κ2) is 16.9. The average Bonchev–Trinajstić information content (AvgIpc) is 3.56. The van der Waals surface area contributed by atoms with Gasteiger partial charge in [0.15, 0.2) is 9.84 Å². The monoisotopic (exact) mass is 888 g/mol. The summed E-state index contributed by atoms with van der Waals surface area (Å²) in [4.78, 5) is 40.7. The molecule has 0 spiro atoms. The summed E-state index contributed by atoms with van der Waals surface area (Å²) in [6.07, 6.45) is 10.6. The maximum atomic E-state index is 13.7. The molecular weight excluding hydrogens is 807 g/mol. The zero-order valence-electron chi connectivity index (χ0n) is 39.8. The van der Waals surface area contributed by atoms with Gasteiger partial charge in [-0.3, -0.25) is 14.5 Å². The molecule has 0 aromatic carbocycles. The summed E-state index contributed by atoms with van der Waals surface area (Å²) in [6, 6.07) is -0.390. The van der Waals surface area contributed by atoms with Crippen LogP contribution in [-0.2, 0) is 33.6 Å². The van der Waals surface area contributed by atoms with Crippen molar-refractivity contribution in [1.29, 1.82) is 0 Å². The molecule has 0 radical (unpaired) electrons. The number of nitrogens with zero attached hydrogens (tertiary/aromatic N) is 1. The van der Waals surface area contributed by atoms with E-state index in [4.69, 9.17) is 14.2 Å². The van der Waals surface area contributed by atoms with Crippen LogP contribution in [0.25, 0.3) is 0 Å². The number of amides is 1. The quantitative estimate of drug-likeness (QED) is 0.0955. The minimum Gasteiger partial charge on any atom is -0.481 e. The second-order valence-electron chi connectivity index (χ2n) is 23.3. The fraction of sp³-hybridized carbons (Fsp3) is 0.898. The highest BCUT2D eigenvalue weighted by molar-refractivity contribution is 7.91. The number of alkyl carbamates (subject to hydrolysis) is 1. The Hall–Kier alpha value is -2.22. The normalized spacial score (nSPS) is 42.6. The van der Waals surface area contributed by atoms with E-state index in [9.17, 15) is 27.9 Å². The van der Waals surface area contributed by atoms with Crippen LogP contribution in [0.15, 0.2) is 12.2 Å². The summed E-state index contributed by atoms with van der Waals surface area (Å²) in [6.45, 7) is 27.2. The van der Waals surface area contributed by atoms with Crippen LogP contribution in [-0.4, -0.2) is 112 Å². The number of hydrogen-bond acceptors (Lipinski definition) is 10. The van der Waals surface area contributed by atoms with Crippen LogP contribution in [0.1, 0.15) is 133 Å². The maximum Gasteiger partial charge on any atom is 0.407 e. The maximum absolute atomic E-state index is 13.7. The second-order valence-corrected chi connectivity index (χ2v) is 25.6. The first-order valence-corrected chi connectivity index (χ1v) is 25.9. The van der Waals surface area contributed by atoms with E-state index >= 15 is 0 Å². The van der Waals surface area contributed by atoms with Crippen LogP contribution in [0.3, 0.4) is 0 Å².